The Kier molecular flexibility index (Phi) is 6.47. The molecule has 33 heavy (non-hydrogen) atoms. The van der Waals surface area contributed by atoms with E-state index < -0.39 is 5.41 Å². The van der Waals surface area contributed by atoms with Crippen LogP contribution in [-0.2, 0) is 21.5 Å². The number of para-hydroxylation sites is 1. The van der Waals surface area contributed by atoms with Crippen LogP contribution in [0.25, 0.3) is 10.9 Å². The Morgan fingerprint density at radius 1 is 0.939 bits per heavy atom. The van der Waals surface area contributed by atoms with Crippen molar-refractivity contribution in [2.24, 2.45) is 0 Å². The average Bonchev–Trinajstić information content (AvgIpc) is 2.84. The summed E-state index contributed by atoms with van der Waals surface area (Å²) in [6.07, 6.45) is 0.180. The van der Waals surface area contributed by atoms with Crippen LogP contribution in [0, 0.1) is 4.77 Å². The van der Waals surface area contributed by atoms with Gasteiger partial charge in [0.15, 0.2) is 4.77 Å². The number of aromatic nitrogens is 2. The molecule has 0 atom stereocenters. The van der Waals surface area contributed by atoms with Crippen molar-refractivity contribution in [1.29, 1.82) is 0 Å². The summed E-state index contributed by atoms with van der Waals surface area (Å²) in [7, 11) is 0. The normalized spacial score (nSPS) is 14.5. The molecule has 4 rings (SSSR count). The smallest absolute Gasteiger partial charge is 0.262 e. The Morgan fingerprint density at radius 2 is 1.55 bits per heavy atom. The number of hydrogen-bond acceptors (Lipinski definition) is 4. The first-order chi connectivity index (χ1) is 15.8. The Hall–Kier alpha value is -3.26. The van der Waals surface area contributed by atoms with Crippen LogP contribution in [-0.4, -0.2) is 57.3 Å². The summed E-state index contributed by atoms with van der Waals surface area (Å²) in [4.78, 5) is 45.4. The van der Waals surface area contributed by atoms with Gasteiger partial charge in [0.05, 0.1) is 16.3 Å². The second-order valence-electron chi connectivity index (χ2n) is 8.85. The van der Waals surface area contributed by atoms with Gasteiger partial charge in [0, 0.05) is 39.1 Å². The second-order valence-corrected chi connectivity index (χ2v) is 9.23. The van der Waals surface area contributed by atoms with Gasteiger partial charge in [-0.2, -0.15) is 0 Å². The third-order valence-electron chi connectivity index (χ3n) is 6.39. The van der Waals surface area contributed by atoms with E-state index in [1.807, 2.05) is 61.2 Å². The van der Waals surface area contributed by atoms with Crippen LogP contribution in [0.1, 0.15) is 25.8 Å². The van der Waals surface area contributed by atoms with Gasteiger partial charge >= 0.3 is 0 Å². The predicted molar refractivity (Wildman–Crippen MR) is 131 cm³/mol. The molecular formula is C25H28N4O3S. The maximum absolute atomic E-state index is 13.2. The molecule has 0 bridgehead atoms. The van der Waals surface area contributed by atoms with Crippen molar-refractivity contribution in [2.75, 3.05) is 26.2 Å². The number of aromatic amines is 1. The molecular weight excluding hydrogens is 436 g/mol. The molecule has 0 aliphatic carbocycles. The van der Waals surface area contributed by atoms with Gasteiger partial charge in [-0.25, -0.2) is 0 Å². The maximum Gasteiger partial charge on any atom is 0.262 e. The fourth-order valence-electron chi connectivity index (χ4n) is 4.30. The van der Waals surface area contributed by atoms with E-state index in [4.69, 9.17) is 12.2 Å². The highest BCUT2D eigenvalue weighted by Gasteiger charge is 2.35. The molecule has 2 aromatic carbocycles. The number of benzene rings is 2. The topological polar surface area (TPSA) is 78.4 Å². The van der Waals surface area contributed by atoms with Gasteiger partial charge in [-0.05, 0) is 43.8 Å². The molecule has 0 unspecified atom stereocenters. The molecule has 1 fully saturated rings. The van der Waals surface area contributed by atoms with Gasteiger partial charge in [0.25, 0.3) is 5.56 Å². The number of hydrogen-bond donors (Lipinski definition) is 1. The molecule has 1 aliphatic rings. The number of nitrogens with one attached hydrogen (secondary N) is 1. The first-order valence-electron chi connectivity index (χ1n) is 11.1. The Morgan fingerprint density at radius 3 is 2.24 bits per heavy atom. The van der Waals surface area contributed by atoms with Crippen molar-refractivity contribution in [2.45, 2.75) is 32.2 Å². The number of piperazine rings is 1. The summed E-state index contributed by atoms with van der Waals surface area (Å²) in [5.41, 5.74) is 0.849. The lowest BCUT2D eigenvalue weighted by molar-refractivity contribution is -0.142. The van der Waals surface area contributed by atoms with Crippen molar-refractivity contribution >= 4 is 34.9 Å². The van der Waals surface area contributed by atoms with Crippen molar-refractivity contribution in [3.8, 4) is 0 Å². The fraction of sp³-hybridized carbons (Fsp3) is 0.360. The van der Waals surface area contributed by atoms with Crippen LogP contribution < -0.4 is 5.56 Å². The highest BCUT2D eigenvalue weighted by molar-refractivity contribution is 7.71. The molecule has 8 heteroatoms. The number of amides is 2. The van der Waals surface area contributed by atoms with Crippen molar-refractivity contribution in [3.05, 3.63) is 75.3 Å². The standard InChI is InChI=1S/C25H28N4O3S/c1-25(2,18-8-4-3-5-9-18)23(32)28-16-14-27(15-17-28)21(30)12-13-29-22(31)19-10-6-7-11-20(19)26-24(29)33/h3-11H,12-17H2,1-2H3,(H,26,33). The van der Waals surface area contributed by atoms with Gasteiger partial charge < -0.3 is 14.8 Å². The van der Waals surface area contributed by atoms with Crippen LogP contribution in [0.15, 0.2) is 59.4 Å². The zero-order valence-corrected chi connectivity index (χ0v) is 19.7. The molecule has 1 N–H and O–H groups in total. The molecule has 3 aromatic rings. The van der Waals surface area contributed by atoms with Crippen molar-refractivity contribution < 1.29 is 9.59 Å². The minimum atomic E-state index is -0.624. The average molecular weight is 465 g/mol. The summed E-state index contributed by atoms with van der Waals surface area (Å²) in [5, 5.41) is 0.548. The molecule has 1 saturated heterocycles. The van der Waals surface area contributed by atoms with E-state index in [1.54, 1.807) is 17.0 Å². The quantitative estimate of drug-likeness (QED) is 0.589. The summed E-state index contributed by atoms with van der Waals surface area (Å²) in [6, 6.07) is 16.9. The molecule has 1 aromatic heterocycles. The Labute approximate surface area is 197 Å². The maximum atomic E-state index is 13.2. The number of fused-ring (bicyclic) bond motifs is 1. The minimum absolute atomic E-state index is 0.0427. The van der Waals surface area contributed by atoms with E-state index in [1.165, 1.54) is 4.57 Å². The van der Waals surface area contributed by atoms with Gasteiger partial charge in [-0.15, -0.1) is 0 Å². The molecule has 7 nitrogen and oxygen atoms in total. The first kappa shape index (κ1) is 22.9. The Balaban J connectivity index is 1.37. The van der Waals surface area contributed by atoms with Crippen molar-refractivity contribution in [1.82, 2.24) is 19.4 Å². The highest BCUT2D eigenvalue weighted by Crippen LogP contribution is 2.26. The largest absolute Gasteiger partial charge is 0.339 e. The van der Waals surface area contributed by atoms with Crippen LogP contribution in [0.2, 0.25) is 0 Å². The van der Waals surface area contributed by atoms with Gasteiger partial charge in [-0.3, -0.25) is 19.0 Å². The molecule has 0 saturated carbocycles. The molecule has 2 amide bonds. The molecule has 172 valence electrons. The van der Waals surface area contributed by atoms with Crippen molar-refractivity contribution in [3.63, 3.8) is 0 Å². The van der Waals surface area contributed by atoms with Crippen LogP contribution in [0.3, 0.4) is 0 Å². The first-order valence-corrected chi connectivity index (χ1v) is 11.5. The van der Waals surface area contributed by atoms with E-state index in [-0.39, 0.29) is 30.3 Å². The third kappa shape index (κ3) is 4.61. The lowest BCUT2D eigenvalue weighted by Gasteiger charge is -2.39. The summed E-state index contributed by atoms with van der Waals surface area (Å²) in [6.45, 7) is 6.05. The summed E-state index contributed by atoms with van der Waals surface area (Å²) in [5.74, 6) is 0.0219. The lowest BCUT2D eigenvalue weighted by atomic mass is 9.83. The van der Waals surface area contributed by atoms with Crippen LogP contribution in [0.4, 0.5) is 0 Å². The number of rotatable bonds is 5. The molecule has 0 spiro atoms. The SMILES string of the molecule is CC(C)(C(=O)N1CCN(C(=O)CCn2c(=S)[nH]c3ccccc3c2=O)CC1)c1ccccc1. The van der Waals surface area contributed by atoms with E-state index in [9.17, 15) is 14.4 Å². The minimum Gasteiger partial charge on any atom is -0.339 e. The van der Waals surface area contributed by atoms with E-state index in [0.29, 0.717) is 41.9 Å². The van der Waals surface area contributed by atoms with Gasteiger partial charge in [-0.1, -0.05) is 42.5 Å². The van der Waals surface area contributed by atoms with Crippen LogP contribution >= 0.6 is 12.2 Å². The van der Waals surface area contributed by atoms with Gasteiger partial charge in [0.1, 0.15) is 0 Å². The van der Waals surface area contributed by atoms with Gasteiger partial charge in [0.2, 0.25) is 11.8 Å². The number of carbonyl (C=O) groups excluding carboxylic acids is 2. The second kappa shape index (κ2) is 9.31. The monoisotopic (exact) mass is 464 g/mol. The molecule has 0 radical (unpaired) electrons. The number of H-pyrrole nitrogens is 1. The Bertz CT molecular complexity index is 1290. The zero-order chi connectivity index (χ0) is 23.6. The van der Waals surface area contributed by atoms with E-state index in [2.05, 4.69) is 4.98 Å². The third-order valence-corrected chi connectivity index (χ3v) is 6.71. The molecule has 2 heterocycles. The predicted octanol–water partition coefficient (Wildman–Crippen LogP) is 3.10. The van der Waals surface area contributed by atoms with Crippen LogP contribution in [0.5, 0.6) is 0 Å². The van der Waals surface area contributed by atoms with E-state index in [0.717, 1.165) is 5.56 Å². The summed E-state index contributed by atoms with van der Waals surface area (Å²) >= 11 is 5.33. The summed E-state index contributed by atoms with van der Waals surface area (Å²) < 4.78 is 1.75. The zero-order valence-electron chi connectivity index (χ0n) is 18.9. The number of nitrogens with zero attached hydrogens (tertiary/aromatic N) is 3. The highest BCUT2D eigenvalue weighted by atomic mass is 32.1. The number of carbonyl (C=O) groups is 2. The molecule has 1 aliphatic heterocycles. The van der Waals surface area contributed by atoms with E-state index >= 15 is 0 Å². The lowest BCUT2D eigenvalue weighted by Crippen LogP contribution is -2.54. The fourth-order valence-corrected chi connectivity index (χ4v) is 4.58.